The van der Waals surface area contributed by atoms with Crippen LogP contribution in [0, 0.1) is 5.92 Å². The van der Waals surface area contributed by atoms with Crippen molar-refractivity contribution in [3.63, 3.8) is 0 Å². The first-order valence-corrected chi connectivity index (χ1v) is 3.02. The van der Waals surface area contributed by atoms with Gasteiger partial charge < -0.3 is 4.99 Å². The Kier molecular flexibility index (Phi) is 4.79. The Morgan fingerprint density at radius 2 is 2.22 bits per heavy atom. The highest BCUT2D eigenvalue weighted by Crippen LogP contribution is 1.91. The summed E-state index contributed by atoms with van der Waals surface area (Å²) in [6.45, 7) is 5.64. The van der Waals surface area contributed by atoms with E-state index in [1.807, 2.05) is 18.4 Å². The molecule has 1 heteroatoms. The summed E-state index contributed by atoms with van der Waals surface area (Å²) in [6, 6.07) is 0. The zero-order chi connectivity index (χ0) is 7.11. The summed E-state index contributed by atoms with van der Waals surface area (Å²) >= 11 is 0. The lowest BCUT2D eigenvalue weighted by atomic mass is 10.2. The predicted octanol–water partition coefficient (Wildman–Crippen LogP) is 2.07. The van der Waals surface area contributed by atoms with E-state index in [2.05, 4.69) is 18.5 Å². The Hall–Kier alpha value is -0.850. The van der Waals surface area contributed by atoms with Gasteiger partial charge in [0.25, 0.3) is 0 Å². The van der Waals surface area contributed by atoms with Gasteiger partial charge in [0.05, 0.1) is 0 Å². The number of nitrogens with zero attached hydrogens (tertiary/aromatic N) is 1. The van der Waals surface area contributed by atoms with Crippen LogP contribution in [-0.4, -0.2) is 13.3 Å². The van der Waals surface area contributed by atoms with Gasteiger partial charge in [-0.15, -0.1) is 0 Å². The van der Waals surface area contributed by atoms with Crippen LogP contribution in [-0.2, 0) is 0 Å². The van der Waals surface area contributed by atoms with Crippen LogP contribution >= 0.6 is 0 Å². The summed E-state index contributed by atoms with van der Waals surface area (Å²) in [6.07, 6.45) is 7.62. The van der Waals surface area contributed by atoms with Gasteiger partial charge in [-0.25, -0.2) is 0 Å². The van der Waals surface area contributed by atoms with E-state index in [1.54, 1.807) is 13.1 Å². The first kappa shape index (κ1) is 8.15. The molecule has 0 heterocycles. The molecule has 0 saturated heterocycles. The zero-order valence-electron chi connectivity index (χ0n) is 6.04. The molecule has 1 nitrogen and oxygen atoms in total. The maximum atomic E-state index is 3.88. The number of rotatable bonds is 3. The Balaban J connectivity index is 3.61. The van der Waals surface area contributed by atoms with Crippen LogP contribution in [0.4, 0.5) is 0 Å². The number of aliphatic imine (C=N–C) groups is 1. The number of hydrogen-bond donors (Lipinski definition) is 0. The quantitative estimate of drug-likeness (QED) is 0.402. The van der Waals surface area contributed by atoms with Crippen LogP contribution in [0.5, 0.6) is 0 Å². The summed E-state index contributed by atoms with van der Waals surface area (Å²) in [7, 11) is 1.78. The first-order valence-electron chi connectivity index (χ1n) is 3.02. The SMILES string of the molecule is C=C/C=C\C(C)C=NC. The molecule has 0 amide bonds. The highest BCUT2D eigenvalue weighted by Gasteiger charge is 1.85. The average molecular weight is 123 g/mol. The number of allylic oxidation sites excluding steroid dienone is 3. The summed E-state index contributed by atoms with van der Waals surface area (Å²) < 4.78 is 0. The maximum absolute atomic E-state index is 3.88. The lowest BCUT2D eigenvalue weighted by Gasteiger charge is -1.91. The lowest BCUT2D eigenvalue weighted by Crippen LogP contribution is -1.88. The second-order valence-corrected chi connectivity index (χ2v) is 1.89. The molecule has 0 N–H and O–H groups in total. The Bertz CT molecular complexity index is 123. The van der Waals surface area contributed by atoms with E-state index in [4.69, 9.17) is 0 Å². The van der Waals surface area contributed by atoms with Gasteiger partial charge in [0.15, 0.2) is 0 Å². The van der Waals surface area contributed by atoms with Crippen molar-refractivity contribution in [2.75, 3.05) is 7.05 Å². The van der Waals surface area contributed by atoms with Crippen LogP contribution in [0.2, 0.25) is 0 Å². The molecule has 0 aromatic rings. The third-order valence-corrected chi connectivity index (χ3v) is 0.935. The summed E-state index contributed by atoms with van der Waals surface area (Å²) in [5, 5.41) is 0. The molecule has 0 saturated carbocycles. The Morgan fingerprint density at radius 3 is 2.67 bits per heavy atom. The molecule has 1 unspecified atom stereocenters. The molecule has 0 fully saturated rings. The van der Waals surface area contributed by atoms with Crippen molar-refractivity contribution in [3.8, 4) is 0 Å². The normalized spacial score (nSPS) is 14.9. The molecule has 0 aliphatic heterocycles. The molecule has 0 spiro atoms. The molecular formula is C8H13N. The Labute approximate surface area is 56.8 Å². The molecule has 0 aromatic heterocycles. The van der Waals surface area contributed by atoms with Gasteiger partial charge in [-0.1, -0.05) is 31.7 Å². The minimum absolute atomic E-state index is 0.424. The molecule has 9 heavy (non-hydrogen) atoms. The van der Waals surface area contributed by atoms with Gasteiger partial charge in [0, 0.05) is 19.2 Å². The van der Waals surface area contributed by atoms with Gasteiger partial charge in [0.1, 0.15) is 0 Å². The lowest BCUT2D eigenvalue weighted by molar-refractivity contribution is 1.02. The van der Waals surface area contributed by atoms with Gasteiger partial charge >= 0.3 is 0 Å². The molecule has 0 bridgehead atoms. The second-order valence-electron chi connectivity index (χ2n) is 1.89. The van der Waals surface area contributed by atoms with Crippen molar-refractivity contribution in [3.05, 3.63) is 24.8 Å². The molecule has 0 rings (SSSR count). The monoisotopic (exact) mass is 123 g/mol. The second kappa shape index (κ2) is 5.29. The molecule has 1 atom stereocenters. The standard InChI is InChI=1S/C8H13N/c1-4-5-6-8(2)7-9-3/h4-8H,1H2,2-3H3/b6-5-,9-7?. The van der Waals surface area contributed by atoms with Crippen LogP contribution in [0.25, 0.3) is 0 Å². The largest absolute Gasteiger partial charge is 0.300 e. The third kappa shape index (κ3) is 5.01. The summed E-state index contributed by atoms with van der Waals surface area (Å²) in [4.78, 5) is 3.88. The fourth-order valence-electron chi connectivity index (χ4n) is 0.539. The molecular weight excluding hydrogens is 110 g/mol. The smallest absolute Gasteiger partial charge is 0.0273 e. The average Bonchev–Trinajstić information content (AvgIpc) is 1.85. The molecule has 0 aromatic carbocycles. The van der Waals surface area contributed by atoms with Crippen molar-refractivity contribution in [1.82, 2.24) is 0 Å². The van der Waals surface area contributed by atoms with Crippen molar-refractivity contribution >= 4 is 6.21 Å². The fraction of sp³-hybridized carbons (Fsp3) is 0.375. The molecule has 0 radical (unpaired) electrons. The summed E-state index contributed by atoms with van der Waals surface area (Å²) in [5.41, 5.74) is 0. The zero-order valence-corrected chi connectivity index (χ0v) is 6.04. The van der Waals surface area contributed by atoms with Gasteiger partial charge in [-0.05, 0) is 0 Å². The minimum Gasteiger partial charge on any atom is -0.300 e. The Morgan fingerprint density at radius 1 is 1.56 bits per heavy atom. The molecule has 50 valence electrons. The van der Waals surface area contributed by atoms with Gasteiger partial charge in [-0.2, -0.15) is 0 Å². The van der Waals surface area contributed by atoms with E-state index in [0.29, 0.717) is 5.92 Å². The fourth-order valence-corrected chi connectivity index (χ4v) is 0.539. The molecule has 0 aliphatic carbocycles. The highest BCUT2D eigenvalue weighted by molar-refractivity contribution is 5.62. The number of hydrogen-bond acceptors (Lipinski definition) is 1. The van der Waals surface area contributed by atoms with Gasteiger partial charge in [-0.3, -0.25) is 0 Å². The van der Waals surface area contributed by atoms with Crippen LogP contribution in [0.15, 0.2) is 29.8 Å². The maximum Gasteiger partial charge on any atom is 0.0273 e. The van der Waals surface area contributed by atoms with E-state index in [9.17, 15) is 0 Å². The third-order valence-electron chi connectivity index (χ3n) is 0.935. The predicted molar refractivity (Wildman–Crippen MR) is 42.9 cm³/mol. The minimum atomic E-state index is 0.424. The topological polar surface area (TPSA) is 12.4 Å². The van der Waals surface area contributed by atoms with E-state index in [-0.39, 0.29) is 0 Å². The van der Waals surface area contributed by atoms with Crippen molar-refractivity contribution in [2.24, 2.45) is 10.9 Å². The van der Waals surface area contributed by atoms with E-state index in [0.717, 1.165) is 0 Å². The van der Waals surface area contributed by atoms with Crippen molar-refractivity contribution in [2.45, 2.75) is 6.92 Å². The summed E-state index contributed by atoms with van der Waals surface area (Å²) in [5.74, 6) is 0.424. The van der Waals surface area contributed by atoms with Gasteiger partial charge in [0.2, 0.25) is 0 Å². The van der Waals surface area contributed by atoms with Crippen molar-refractivity contribution < 1.29 is 0 Å². The highest BCUT2D eigenvalue weighted by atomic mass is 14.6. The van der Waals surface area contributed by atoms with E-state index in [1.165, 1.54) is 0 Å². The van der Waals surface area contributed by atoms with E-state index < -0.39 is 0 Å². The van der Waals surface area contributed by atoms with E-state index >= 15 is 0 Å². The van der Waals surface area contributed by atoms with Crippen molar-refractivity contribution in [1.29, 1.82) is 0 Å². The van der Waals surface area contributed by atoms with Crippen LogP contribution in [0.1, 0.15) is 6.92 Å². The first-order chi connectivity index (χ1) is 4.31. The van der Waals surface area contributed by atoms with Crippen LogP contribution < -0.4 is 0 Å². The molecule has 0 aliphatic rings. The van der Waals surface area contributed by atoms with Crippen LogP contribution in [0.3, 0.4) is 0 Å².